The summed E-state index contributed by atoms with van der Waals surface area (Å²) >= 11 is 0. The Morgan fingerprint density at radius 1 is 1.13 bits per heavy atom. The van der Waals surface area contributed by atoms with Crippen LogP contribution in [0.2, 0.25) is 0 Å². The van der Waals surface area contributed by atoms with E-state index >= 15 is 0 Å². The summed E-state index contributed by atoms with van der Waals surface area (Å²) < 4.78 is 7.05. The van der Waals surface area contributed by atoms with E-state index in [0.717, 1.165) is 35.5 Å². The number of carbonyl (C=O) groups excluding carboxylic acids is 1. The SMILES string of the molecule is COc1cccc(-c2cc(C(=O)NC3CCCCC3)n3nc(C(C)(C)C)cc3n2)c1. The molecule has 6 heteroatoms. The van der Waals surface area contributed by atoms with Gasteiger partial charge < -0.3 is 10.1 Å². The molecule has 4 rings (SSSR count). The number of nitrogens with zero attached hydrogens (tertiary/aromatic N) is 3. The first-order valence-electron chi connectivity index (χ1n) is 10.7. The van der Waals surface area contributed by atoms with Crippen LogP contribution in [0.1, 0.15) is 69.1 Å². The van der Waals surface area contributed by atoms with E-state index in [-0.39, 0.29) is 17.4 Å². The van der Waals surface area contributed by atoms with E-state index in [1.165, 1.54) is 19.3 Å². The van der Waals surface area contributed by atoms with Gasteiger partial charge in [0.1, 0.15) is 11.4 Å². The Bertz CT molecular complexity index is 1060. The van der Waals surface area contributed by atoms with Gasteiger partial charge >= 0.3 is 0 Å². The van der Waals surface area contributed by atoms with Gasteiger partial charge in [0, 0.05) is 23.1 Å². The third-order valence-electron chi connectivity index (χ3n) is 5.73. The molecule has 3 aromatic rings. The number of fused-ring (bicyclic) bond motifs is 1. The first-order valence-corrected chi connectivity index (χ1v) is 10.7. The van der Waals surface area contributed by atoms with Gasteiger partial charge in [-0.25, -0.2) is 9.50 Å². The summed E-state index contributed by atoms with van der Waals surface area (Å²) in [4.78, 5) is 18.1. The molecule has 30 heavy (non-hydrogen) atoms. The molecular formula is C24H30N4O2. The topological polar surface area (TPSA) is 68.5 Å². The third-order valence-corrected chi connectivity index (χ3v) is 5.73. The molecule has 0 bridgehead atoms. The maximum atomic E-state index is 13.3. The quantitative estimate of drug-likeness (QED) is 0.678. The maximum Gasteiger partial charge on any atom is 0.270 e. The first kappa shape index (κ1) is 20.4. The van der Waals surface area contributed by atoms with Crippen LogP contribution in [-0.2, 0) is 5.41 Å². The molecule has 1 aliphatic carbocycles. The number of benzene rings is 1. The second-order valence-electron chi connectivity index (χ2n) is 9.12. The molecule has 2 heterocycles. The second kappa shape index (κ2) is 8.09. The van der Waals surface area contributed by atoms with Gasteiger partial charge in [-0.05, 0) is 31.0 Å². The molecule has 1 N–H and O–H groups in total. The van der Waals surface area contributed by atoms with Crippen LogP contribution in [0.15, 0.2) is 36.4 Å². The Labute approximate surface area is 177 Å². The largest absolute Gasteiger partial charge is 0.497 e. The normalized spacial score (nSPS) is 15.3. The van der Waals surface area contributed by atoms with Crippen molar-refractivity contribution >= 4 is 11.6 Å². The highest BCUT2D eigenvalue weighted by Crippen LogP contribution is 2.27. The van der Waals surface area contributed by atoms with Crippen LogP contribution in [0.5, 0.6) is 5.75 Å². The molecule has 1 aromatic carbocycles. The summed E-state index contributed by atoms with van der Waals surface area (Å²) in [6.45, 7) is 6.33. The second-order valence-corrected chi connectivity index (χ2v) is 9.12. The molecule has 0 radical (unpaired) electrons. The highest BCUT2D eigenvalue weighted by Gasteiger charge is 2.24. The van der Waals surface area contributed by atoms with Crippen molar-refractivity contribution in [3.63, 3.8) is 0 Å². The van der Waals surface area contributed by atoms with E-state index in [2.05, 4.69) is 26.1 Å². The lowest BCUT2D eigenvalue weighted by atomic mass is 9.93. The van der Waals surface area contributed by atoms with Crippen molar-refractivity contribution in [2.75, 3.05) is 7.11 Å². The summed E-state index contributed by atoms with van der Waals surface area (Å²) in [6.07, 6.45) is 5.66. The molecule has 1 saturated carbocycles. The van der Waals surface area contributed by atoms with Crippen molar-refractivity contribution in [2.24, 2.45) is 0 Å². The van der Waals surface area contributed by atoms with E-state index in [1.807, 2.05) is 36.4 Å². The monoisotopic (exact) mass is 406 g/mol. The minimum Gasteiger partial charge on any atom is -0.497 e. The summed E-state index contributed by atoms with van der Waals surface area (Å²) in [7, 11) is 1.64. The van der Waals surface area contributed by atoms with Crippen LogP contribution in [0, 0.1) is 0 Å². The molecular weight excluding hydrogens is 376 g/mol. The lowest BCUT2D eigenvalue weighted by Gasteiger charge is -2.23. The maximum absolute atomic E-state index is 13.3. The molecule has 0 atom stereocenters. The van der Waals surface area contributed by atoms with E-state index in [0.29, 0.717) is 11.3 Å². The van der Waals surface area contributed by atoms with Gasteiger partial charge in [0.2, 0.25) is 0 Å². The summed E-state index contributed by atoms with van der Waals surface area (Å²) in [5, 5.41) is 7.96. The molecule has 0 spiro atoms. The molecule has 0 saturated heterocycles. The zero-order chi connectivity index (χ0) is 21.3. The minimum atomic E-state index is -0.138. The summed E-state index contributed by atoms with van der Waals surface area (Å²) in [5.74, 6) is 0.660. The van der Waals surface area contributed by atoms with Crippen molar-refractivity contribution in [3.05, 3.63) is 47.8 Å². The number of ether oxygens (including phenoxy) is 1. The zero-order valence-corrected chi connectivity index (χ0v) is 18.2. The van der Waals surface area contributed by atoms with E-state index < -0.39 is 0 Å². The van der Waals surface area contributed by atoms with Crippen LogP contribution < -0.4 is 10.1 Å². The highest BCUT2D eigenvalue weighted by molar-refractivity contribution is 5.94. The molecule has 6 nitrogen and oxygen atoms in total. The number of rotatable bonds is 4. The van der Waals surface area contributed by atoms with Crippen molar-refractivity contribution in [1.29, 1.82) is 0 Å². The molecule has 2 aromatic heterocycles. The molecule has 0 unspecified atom stereocenters. The summed E-state index contributed by atoms with van der Waals surface area (Å²) in [5.41, 5.74) is 3.59. The number of methoxy groups -OCH3 is 1. The zero-order valence-electron chi connectivity index (χ0n) is 18.2. The number of nitrogens with one attached hydrogen (secondary N) is 1. The average Bonchev–Trinajstić information content (AvgIpc) is 3.18. The highest BCUT2D eigenvalue weighted by atomic mass is 16.5. The smallest absolute Gasteiger partial charge is 0.270 e. The van der Waals surface area contributed by atoms with Gasteiger partial charge in [0.15, 0.2) is 5.65 Å². The lowest BCUT2D eigenvalue weighted by molar-refractivity contribution is 0.0920. The Morgan fingerprint density at radius 3 is 2.60 bits per heavy atom. The molecule has 0 aliphatic heterocycles. The number of amides is 1. The van der Waals surface area contributed by atoms with E-state index in [4.69, 9.17) is 14.8 Å². The van der Waals surface area contributed by atoms with Gasteiger partial charge in [0.25, 0.3) is 5.91 Å². The number of hydrogen-bond donors (Lipinski definition) is 1. The van der Waals surface area contributed by atoms with Gasteiger partial charge in [-0.15, -0.1) is 0 Å². The predicted octanol–water partition coefficient (Wildman–Crippen LogP) is 4.76. The Balaban J connectivity index is 1.80. The first-order chi connectivity index (χ1) is 14.3. The van der Waals surface area contributed by atoms with Gasteiger partial charge in [-0.2, -0.15) is 5.10 Å². The van der Waals surface area contributed by atoms with Gasteiger partial charge in [-0.1, -0.05) is 52.2 Å². The molecule has 1 amide bonds. The van der Waals surface area contributed by atoms with Crippen LogP contribution in [0.4, 0.5) is 0 Å². The number of carbonyl (C=O) groups is 1. The van der Waals surface area contributed by atoms with Gasteiger partial charge in [-0.3, -0.25) is 4.79 Å². The van der Waals surface area contributed by atoms with Crippen LogP contribution in [-0.4, -0.2) is 33.7 Å². The van der Waals surface area contributed by atoms with Crippen LogP contribution in [0.25, 0.3) is 16.9 Å². The van der Waals surface area contributed by atoms with Crippen molar-refractivity contribution in [1.82, 2.24) is 19.9 Å². The van der Waals surface area contributed by atoms with E-state index in [1.54, 1.807) is 11.6 Å². The van der Waals surface area contributed by atoms with Crippen LogP contribution in [0.3, 0.4) is 0 Å². The third kappa shape index (κ3) is 4.18. The molecule has 158 valence electrons. The van der Waals surface area contributed by atoms with Gasteiger partial charge in [0.05, 0.1) is 18.5 Å². The number of aromatic nitrogens is 3. The van der Waals surface area contributed by atoms with Crippen molar-refractivity contribution in [3.8, 4) is 17.0 Å². The fourth-order valence-corrected chi connectivity index (χ4v) is 3.94. The van der Waals surface area contributed by atoms with Crippen molar-refractivity contribution < 1.29 is 9.53 Å². The molecule has 1 fully saturated rings. The Morgan fingerprint density at radius 2 is 1.90 bits per heavy atom. The fourth-order valence-electron chi connectivity index (χ4n) is 3.94. The average molecular weight is 407 g/mol. The standard InChI is InChI=1S/C24H30N4O2/c1-24(2,3)21-15-22-26-19(16-9-8-12-18(13-16)30-4)14-20(28(22)27-21)23(29)25-17-10-6-5-7-11-17/h8-9,12-15,17H,5-7,10-11H2,1-4H3,(H,25,29). The predicted molar refractivity (Wildman–Crippen MR) is 118 cm³/mol. The number of hydrogen-bond acceptors (Lipinski definition) is 4. The minimum absolute atomic E-state index is 0.0954. The summed E-state index contributed by atoms with van der Waals surface area (Å²) in [6, 6.07) is 11.8. The lowest BCUT2D eigenvalue weighted by Crippen LogP contribution is -2.37. The van der Waals surface area contributed by atoms with E-state index in [9.17, 15) is 4.79 Å². The fraction of sp³-hybridized carbons (Fsp3) is 0.458. The molecule has 1 aliphatic rings. The van der Waals surface area contributed by atoms with Crippen molar-refractivity contribution in [2.45, 2.75) is 64.3 Å². The Kier molecular flexibility index (Phi) is 5.50. The Hall–Kier alpha value is -2.89. The van der Waals surface area contributed by atoms with Crippen LogP contribution >= 0.6 is 0 Å².